The molecule has 0 aliphatic carbocycles. The molecule has 2 N–H and O–H groups in total. The molecule has 0 fully saturated rings. The minimum Gasteiger partial charge on any atom is -0.491 e. The maximum absolute atomic E-state index is 12.2. The standard InChI is InChI=1S/C18H19IN2O2S/c1-12(2)23-14-9-7-13(8-10-14)11-20-18(24)21-17(22)15-5-3-4-6-16(15)19/h3-10,12H,11H2,1-2H3,(H2,20,21,22,24). The third kappa shape index (κ3) is 5.76. The lowest BCUT2D eigenvalue weighted by atomic mass is 10.2. The summed E-state index contributed by atoms with van der Waals surface area (Å²) in [6.07, 6.45) is 0.151. The topological polar surface area (TPSA) is 50.4 Å². The zero-order chi connectivity index (χ0) is 17.5. The van der Waals surface area contributed by atoms with E-state index in [9.17, 15) is 4.79 Å². The highest BCUT2D eigenvalue weighted by molar-refractivity contribution is 14.1. The van der Waals surface area contributed by atoms with Gasteiger partial charge < -0.3 is 10.1 Å². The number of ether oxygens (including phenoxy) is 1. The first kappa shape index (κ1) is 18.7. The Morgan fingerprint density at radius 2 is 1.83 bits per heavy atom. The number of benzene rings is 2. The van der Waals surface area contributed by atoms with Gasteiger partial charge in [0, 0.05) is 10.1 Å². The van der Waals surface area contributed by atoms with Crippen molar-refractivity contribution in [1.29, 1.82) is 0 Å². The lowest BCUT2D eigenvalue weighted by Crippen LogP contribution is -2.39. The van der Waals surface area contributed by atoms with Crippen LogP contribution >= 0.6 is 34.8 Å². The molecule has 0 saturated carbocycles. The first-order valence-electron chi connectivity index (χ1n) is 7.55. The van der Waals surface area contributed by atoms with E-state index >= 15 is 0 Å². The largest absolute Gasteiger partial charge is 0.491 e. The SMILES string of the molecule is CC(C)Oc1ccc(CNC(=S)NC(=O)c2ccccc2I)cc1. The fourth-order valence-corrected chi connectivity index (χ4v) is 2.80. The lowest BCUT2D eigenvalue weighted by Gasteiger charge is -2.12. The van der Waals surface area contributed by atoms with Crippen LogP contribution in [0.2, 0.25) is 0 Å². The normalized spacial score (nSPS) is 10.3. The third-order valence-electron chi connectivity index (χ3n) is 3.09. The Hall–Kier alpha value is -1.67. The van der Waals surface area contributed by atoms with Crippen molar-refractivity contribution < 1.29 is 9.53 Å². The van der Waals surface area contributed by atoms with Crippen LogP contribution in [-0.2, 0) is 6.54 Å². The number of thiocarbonyl (C=S) groups is 1. The first-order chi connectivity index (χ1) is 11.5. The molecule has 0 heterocycles. The van der Waals surface area contributed by atoms with Crippen molar-refractivity contribution in [2.75, 3.05) is 0 Å². The Bertz CT molecular complexity index is 717. The van der Waals surface area contributed by atoms with E-state index in [0.29, 0.717) is 17.2 Å². The summed E-state index contributed by atoms with van der Waals surface area (Å²) in [4.78, 5) is 12.2. The Morgan fingerprint density at radius 3 is 2.46 bits per heavy atom. The van der Waals surface area contributed by atoms with Crippen LogP contribution in [-0.4, -0.2) is 17.1 Å². The number of carbonyl (C=O) groups is 1. The Kier molecular flexibility index (Phi) is 6.99. The monoisotopic (exact) mass is 454 g/mol. The molecule has 0 radical (unpaired) electrons. The number of amides is 1. The minimum atomic E-state index is -0.210. The molecule has 0 atom stereocenters. The molecular formula is C18H19IN2O2S. The van der Waals surface area contributed by atoms with Crippen LogP contribution in [0.1, 0.15) is 29.8 Å². The van der Waals surface area contributed by atoms with Crippen molar-refractivity contribution in [2.24, 2.45) is 0 Å². The molecule has 0 bridgehead atoms. The second kappa shape index (κ2) is 8.98. The molecule has 0 spiro atoms. The van der Waals surface area contributed by atoms with Gasteiger partial charge in [0.05, 0.1) is 11.7 Å². The molecule has 0 aliphatic rings. The average molecular weight is 454 g/mol. The molecule has 2 aromatic carbocycles. The fraction of sp³-hybridized carbons (Fsp3) is 0.222. The third-order valence-corrected chi connectivity index (χ3v) is 4.28. The summed E-state index contributed by atoms with van der Waals surface area (Å²) in [5.41, 5.74) is 1.66. The molecule has 0 aliphatic heterocycles. The molecule has 4 nitrogen and oxygen atoms in total. The average Bonchev–Trinajstić information content (AvgIpc) is 2.54. The zero-order valence-electron chi connectivity index (χ0n) is 13.5. The maximum Gasteiger partial charge on any atom is 0.258 e. The second-order valence-electron chi connectivity index (χ2n) is 5.43. The molecule has 0 saturated heterocycles. The molecule has 24 heavy (non-hydrogen) atoms. The molecule has 2 rings (SSSR count). The molecule has 126 valence electrons. The Labute approximate surface area is 161 Å². The van der Waals surface area contributed by atoms with E-state index in [1.165, 1.54) is 0 Å². The number of hydrogen-bond acceptors (Lipinski definition) is 3. The van der Waals surface area contributed by atoms with E-state index in [4.69, 9.17) is 17.0 Å². The number of carbonyl (C=O) groups excluding carboxylic acids is 1. The van der Waals surface area contributed by atoms with Crippen molar-refractivity contribution in [3.63, 3.8) is 0 Å². The van der Waals surface area contributed by atoms with Gasteiger partial charge in [0.2, 0.25) is 0 Å². The van der Waals surface area contributed by atoms with Crippen molar-refractivity contribution in [3.8, 4) is 5.75 Å². The summed E-state index contributed by atoms with van der Waals surface area (Å²) in [5.74, 6) is 0.626. The summed E-state index contributed by atoms with van der Waals surface area (Å²) >= 11 is 7.31. The Morgan fingerprint density at radius 1 is 1.17 bits per heavy atom. The number of halogens is 1. The van der Waals surface area contributed by atoms with Gasteiger partial charge in [-0.15, -0.1) is 0 Å². The Balaban J connectivity index is 1.85. The van der Waals surface area contributed by atoms with Crippen LogP contribution < -0.4 is 15.4 Å². The quantitative estimate of drug-likeness (QED) is 0.532. The van der Waals surface area contributed by atoms with E-state index in [2.05, 4.69) is 33.2 Å². The van der Waals surface area contributed by atoms with Gasteiger partial charge in [-0.25, -0.2) is 0 Å². The lowest BCUT2D eigenvalue weighted by molar-refractivity contribution is 0.0976. The van der Waals surface area contributed by atoms with Crippen molar-refractivity contribution >= 4 is 45.8 Å². The highest BCUT2D eigenvalue weighted by Gasteiger charge is 2.10. The van der Waals surface area contributed by atoms with Gasteiger partial charge >= 0.3 is 0 Å². The van der Waals surface area contributed by atoms with E-state index in [0.717, 1.165) is 14.9 Å². The summed E-state index contributed by atoms with van der Waals surface area (Å²) in [7, 11) is 0. The second-order valence-corrected chi connectivity index (χ2v) is 7.00. The minimum absolute atomic E-state index is 0.151. The predicted molar refractivity (Wildman–Crippen MR) is 108 cm³/mol. The van der Waals surface area contributed by atoms with Gasteiger partial charge in [0.1, 0.15) is 5.75 Å². The summed E-state index contributed by atoms with van der Waals surface area (Å²) < 4.78 is 6.49. The van der Waals surface area contributed by atoms with E-state index in [1.54, 1.807) is 6.07 Å². The summed E-state index contributed by atoms with van der Waals surface area (Å²) in [5, 5.41) is 6.04. The van der Waals surface area contributed by atoms with E-state index in [-0.39, 0.29) is 12.0 Å². The van der Waals surface area contributed by atoms with Crippen LogP contribution in [0, 0.1) is 3.57 Å². The zero-order valence-corrected chi connectivity index (χ0v) is 16.5. The van der Waals surface area contributed by atoms with E-state index in [1.807, 2.05) is 56.3 Å². The van der Waals surface area contributed by atoms with Crippen molar-refractivity contribution in [1.82, 2.24) is 10.6 Å². The fourth-order valence-electron chi connectivity index (χ4n) is 2.00. The van der Waals surface area contributed by atoms with Gasteiger partial charge in [0.25, 0.3) is 5.91 Å². The van der Waals surface area contributed by atoms with Crippen LogP contribution in [0.4, 0.5) is 0 Å². The van der Waals surface area contributed by atoms with Gasteiger partial charge in [0.15, 0.2) is 5.11 Å². The number of hydrogen-bond donors (Lipinski definition) is 2. The van der Waals surface area contributed by atoms with Crippen LogP contribution in [0.3, 0.4) is 0 Å². The van der Waals surface area contributed by atoms with Gasteiger partial charge in [-0.1, -0.05) is 24.3 Å². The maximum atomic E-state index is 12.2. The smallest absolute Gasteiger partial charge is 0.258 e. The highest BCUT2D eigenvalue weighted by atomic mass is 127. The first-order valence-corrected chi connectivity index (χ1v) is 9.03. The number of nitrogens with one attached hydrogen (secondary N) is 2. The van der Waals surface area contributed by atoms with Gasteiger partial charge in [-0.2, -0.15) is 0 Å². The molecular weight excluding hydrogens is 435 g/mol. The molecule has 2 aromatic rings. The molecule has 0 unspecified atom stereocenters. The highest BCUT2D eigenvalue weighted by Crippen LogP contribution is 2.14. The molecule has 0 aromatic heterocycles. The van der Waals surface area contributed by atoms with E-state index < -0.39 is 0 Å². The summed E-state index contributed by atoms with van der Waals surface area (Å²) in [6, 6.07) is 15.1. The molecule has 6 heteroatoms. The summed E-state index contributed by atoms with van der Waals surface area (Å²) in [6.45, 7) is 4.52. The predicted octanol–water partition coefficient (Wildman–Crippen LogP) is 3.88. The van der Waals surface area contributed by atoms with Gasteiger partial charge in [-0.05, 0) is 78.5 Å². The van der Waals surface area contributed by atoms with Crippen LogP contribution in [0.25, 0.3) is 0 Å². The van der Waals surface area contributed by atoms with Gasteiger partial charge in [-0.3, -0.25) is 10.1 Å². The van der Waals surface area contributed by atoms with Crippen LogP contribution in [0.15, 0.2) is 48.5 Å². The number of rotatable bonds is 5. The van der Waals surface area contributed by atoms with Crippen molar-refractivity contribution in [2.45, 2.75) is 26.5 Å². The molecule has 1 amide bonds. The van der Waals surface area contributed by atoms with Crippen LogP contribution in [0.5, 0.6) is 5.75 Å². The van der Waals surface area contributed by atoms with Crippen molar-refractivity contribution in [3.05, 3.63) is 63.2 Å².